The fourth-order valence-electron chi connectivity index (χ4n) is 0.948. The Morgan fingerprint density at radius 3 is 2.43 bits per heavy atom. The van der Waals surface area contributed by atoms with Gasteiger partial charge >= 0.3 is 6.03 Å². The van der Waals surface area contributed by atoms with Crippen LogP contribution in [0.15, 0.2) is 5.16 Å². The average Bonchev–Trinajstić information content (AvgIpc) is 2.18. The molecule has 1 unspecified atom stereocenters. The van der Waals surface area contributed by atoms with Crippen LogP contribution in [0, 0.1) is 0 Å². The van der Waals surface area contributed by atoms with Gasteiger partial charge in [0.25, 0.3) is 0 Å². The predicted octanol–water partition coefficient (Wildman–Crippen LogP) is 0.173. The molecule has 0 saturated carbocycles. The molecule has 14 heavy (non-hydrogen) atoms. The third-order valence-electron chi connectivity index (χ3n) is 1.95. The lowest BCUT2D eigenvalue weighted by Gasteiger charge is -2.21. The van der Waals surface area contributed by atoms with Crippen molar-refractivity contribution in [3.05, 3.63) is 0 Å². The number of carbonyl (C=O) groups is 1. The number of carbonyl (C=O) groups excluding carboxylic acids is 1. The Labute approximate surface area is 83.7 Å². The minimum absolute atomic E-state index is 0.00879. The Kier molecular flexibility index (Phi) is 5.43. The van der Waals surface area contributed by atoms with Gasteiger partial charge in [-0.1, -0.05) is 5.16 Å². The van der Waals surface area contributed by atoms with E-state index >= 15 is 0 Å². The summed E-state index contributed by atoms with van der Waals surface area (Å²) in [6.45, 7) is 6.68. The molecular weight excluding hydrogens is 184 g/mol. The second-order valence-electron chi connectivity index (χ2n) is 2.87. The van der Waals surface area contributed by atoms with Gasteiger partial charge in [0.1, 0.15) is 0 Å². The summed E-state index contributed by atoms with van der Waals surface area (Å²) < 4.78 is 0. The van der Waals surface area contributed by atoms with E-state index in [0.29, 0.717) is 13.1 Å². The summed E-state index contributed by atoms with van der Waals surface area (Å²) in [5.74, 6) is -0.00879. The number of urea groups is 1. The quantitative estimate of drug-likeness (QED) is 0.263. The molecule has 0 aromatic rings. The standard InChI is InChI=1S/C8H18N4O2/c1-4-12(5-2)8(13)10-6(3)7(9)11-14/h6,14H,4-5H2,1-3H3,(H2,9,11)(H,10,13). The largest absolute Gasteiger partial charge is 0.409 e. The van der Waals surface area contributed by atoms with Gasteiger partial charge in [0.05, 0.1) is 6.04 Å². The maximum Gasteiger partial charge on any atom is 0.317 e. The molecule has 6 nitrogen and oxygen atoms in total. The number of amidine groups is 1. The van der Waals surface area contributed by atoms with Crippen molar-refractivity contribution >= 4 is 11.9 Å². The first-order valence-corrected chi connectivity index (χ1v) is 4.59. The van der Waals surface area contributed by atoms with Gasteiger partial charge in [-0.25, -0.2) is 4.79 Å². The molecule has 6 heteroatoms. The van der Waals surface area contributed by atoms with Crippen LogP contribution in [0.1, 0.15) is 20.8 Å². The Bertz CT molecular complexity index is 213. The zero-order valence-corrected chi connectivity index (χ0v) is 8.82. The van der Waals surface area contributed by atoms with Gasteiger partial charge in [0.15, 0.2) is 5.84 Å². The molecule has 0 aromatic heterocycles. The molecule has 0 saturated heterocycles. The highest BCUT2D eigenvalue weighted by Gasteiger charge is 2.14. The summed E-state index contributed by atoms with van der Waals surface area (Å²) in [4.78, 5) is 13.1. The van der Waals surface area contributed by atoms with E-state index in [1.807, 2.05) is 13.8 Å². The molecule has 2 amide bonds. The Morgan fingerprint density at radius 2 is 2.07 bits per heavy atom. The Hall–Kier alpha value is -1.46. The zero-order chi connectivity index (χ0) is 11.1. The van der Waals surface area contributed by atoms with Crippen molar-refractivity contribution in [2.75, 3.05) is 13.1 Å². The van der Waals surface area contributed by atoms with Crippen LogP contribution in [0.4, 0.5) is 4.79 Å². The summed E-state index contributed by atoms with van der Waals surface area (Å²) in [6, 6.07) is -0.679. The summed E-state index contributed by atoms with van der Waals surface area (Å²) in [5.41, 5.74) is 5.31. The highest BCUT2D eigenvalue weighted by molar-refractivity contribution is 5.89. The second kappa shape index (κ2) is 6.06. The first-order valence-electron chi connectivity index (χ1n) is 4.59. The van der Waals surface area contributed by atoms with Crippen molar-refractivity contribution in [3.63, 3.8) is 0 Å². The Morgan fingerprint density at radius 1 is 1.57 bits per heavy atom. The van der Waals surface area contributed by atoms with Crippen LogP contribution in [0.2, 0.25) is 0 Å². The molecule has 82 valence electrons. The van der Waals surface area contributed by atoms with Gasteiger partial charge in [0, 0.05) is 13.1 Å². The van der Waals surface area contributed by atoms with Crippen LogP contribution >= 0.6 is 0 Å². The first-order chi connectivity index (χ1) is 6.56. The van der Waals surface area contributed by atoms with Crippen LogP contribution in [0.3, 0.4) is 0 Å². The maximum atomic E-state index is 11.5. The topological polar surface area (TPSA) is 91.0 Å². The highest BCUT2D eigenvalue weighted by Crippen LogP contribution is 1.90. The molecule has 4 N–H and O–H groups in total. The average molecular weight is 202 g/mol. The number of amides is 2. The van der Waals surface area contributed by atoms with Crippen LogP contribution in [-0.4, -0.2) is 41.1 Å². The van der Waals surface area contributed by atoms with E-state index in [9.17, 15) is 4.79 Å². The molecule has 0 spiro atoms. The molecule has 0 aliphatic rings. The van der Waals surface area contributed by atoms with E-state index in [4.69, 9.17) is 10.9 Å². The molecule has 0 aromatic carbocycles. The molecule has 0 rings (SSSR count). The van der Waals surface area contributed by atoms with Crippen molar-refractivity contribution in [2.24, 2.45) is 10.9 Å². The number of nitrogens with one attached hydrogen (secondary N) is 1. The predicted molar refractivity (Wildman–Crippen MR) is 54.3 cm³/mol. The maximum absolute atomic E-state index is 11.5. The number of oxime groups is 1. The van der Waals surface area contributed by atoms with E-state index in [1.54, 1.807) is 11.8 Å². The van der Waals surface area contributed by atoms with Gasteiger partial charge in [-0.2, -0.15) is 0 Å². The van der Waals surface area contributed by atoms with Crippen molar-refractivity contribution in [1.82, 2.24) is 10.2 Å². The molecule has 0 aliphatic heterocycles. The third-order valence-corrected chi connectivity index (χ3v) is 1.95. The van der Waals surface area contributed by atoms with Gasteiger partial charge in [-0.05, 0) is 20.8 Å². The number of hydrogen-bond acceptors (Lipinski definition) is 3. The normalized spacial score (nSPS) is 13.5. The monoisotopic (exact) mass is 202 g/mol. The van der Waals surface area contributed by atoms with Crippen molar-refractivity contribution < 1.29 is 10.0 Å². The van der Waals surface area contributed by atoms with Crippen LogP contribution < -0.4 is 11.1 Å². The lowest BCUT2D eigenvalue weighted by molar-refractivity contribution is 0.202. The van der Waals surface area contributed by atoms with Crippen LogP contribution in [0.5, 0.6) is 0 Å². The first kappa shape index (κ1) is 12.5. The summed E-state index contributed by atoms with van der Waals surface area (Å²) in [7, 11) is 0. The molecule has 0 radical (unpaired) electrons. The van der Waals surface area contributed by atoms with E-state index < -0.39 is 6.04 Å². The van der Waals surface area contributed by atoms with Gasteiger partial charge in [-0.3, -0.25) is 0 Å². The van der Waals surface area contributed by atoms with Gasteiger partial charge in [-0.15, -0.1) is 0 Å². The molecule has 0 fully saturated rings. The van der Waals surface area contributed by atoms with Crippen LogP contribution in [-0.2, 0) is 0 Å². The number of nitrogens with zero attached hydrogens (tertiary/aromatic N) is 2. The minimum Gasteiger partial charge on any atom is -0.409 e. The summed E-state index contributed by atoms with van der Waals surface area (Å²) in [6.07, 6.45) is 0. The molecule has 0 heterocycles. The van der Waals surface area contributed by atoms with E-state index in [-0.39, 0.29) is 11.9 Å². The molecule has 1 atom stereocenters. The SMILES string of the molecule is CCN(CC)C(=O)NC(C)C(N)=NO. The van der Waals surface area contributed by atoms with E-state index in [2.05, 4.69) is 10.5 Å². The summed E-state index contributed by atoms with van der Waals surface area (Å²) in [5, 5.41) is 13.8. The lowest BCUT2D eigenvalue weighted by atomic mass is 10.3. The second-order valence-corrected chi connectivity index (χ2v) is 2.87. The number of hydrogen-bond donors (Lipinski definition) is 3. The van der Waals surface area contributed by atoms with Gasteiger partial charge in [0.2, 0.25) is 0 Å². The molecule has 0 bridgehead atoms. The fourth-order valence-corrected chi connectivity index (χ4v) is 0.948. The minimum atomic E-state index is -0.465. The van der Waals surface area contributed by atoms with Gasteiger partial charge < -0.3 is 21.2 Å². The smallest absolute Gasteiger partial charge is 0.317 e. The zero-order valence-electron chi connectivity index (χ0n) is 8.82. The fraction of sp³-hybridized carbons (Fsp3) is 0.750. The van der Waals surface area contributed by atoms with Crippen molar-refractivity contribution in [3.8, 4) is 0 Å². The van der Waals surface area contributed by atoms with Crippen molar-refractivity contribution in [1.29, 1.82) is 0 Å². The van der Waals surface area contributed by atoms with Crippen LogP contribution in [0.25, 0.3) is 0 Å². The molecular formula is C8H18N4O2. The number of nitrogens with two attached hydrogens (primary N) is 1. The molecule has 0 aliphatic carbocycles. The number of rotatable bonds is 4. The lowest BCUT2D eigenvalue weighted by Crippen LogP contribution is -2.48. The third kappa shape index (κ3) is 3.51. The summed E-state index contributed by atoms with van der Waals surface area (Å²) >= 11 is 0. The van der Waals surface area contributed by atoms with E-state index in [0.717, 1.165) is 0 Å². The Balaban J connectivity index is 4.17. The highest BCUT2D eigenvalue weighted by atomic mass is 16.4. The van der Waals surface area contributed by atoms with E-state index in [1.165, 1.54) is 0 Å². The van der Waals surface area contributed by atoms with Crippen molar-refractivity contribution in [2.45, 2.75) is 26.8 Å².